The number of methoxy groups -OCH3 is 1. The Morgan fingerprint density at radius 1 is 1.77 bits per heavy atom. The maximum atomic E-state index is 10.7. The monoisotopic (exact) mass is 264 g/mol. The summed E-state index contributed by atoms with van der Waals surface area (Å²) in [5, 5.41) is 3.41. The Bertz CT molecular complexity index is 294. The van der Waals surface area contributed by atoms with Crippen molar-refractivity contribution in [3.05, 3.63) is 14.5 Å². The third-order valence-electron chi connectivity index (χ3n) is 1.35. The first kappa shape index (κ1) is 10.5. The van der Waals surface area contributed by atoms with E-state index in [9.17, 15) is 4.79 Å². The predicted molar refractivity (Wildman–Crippen MR) is 53.8 cm³/mol. The highest BCUT2D eigenvalue weighted by molar-refractivity contribution is 9.11. The third-order valence-corrected chi connectivity index (χ3v) is 3.36. The van der Waals surface area contributed by atoms with Crippen molar-refractivity contribution in [3.8, 4) is 0 Å². The average molecular weight is 265 g/mol. The van der Waals surface area contributed by atoms with Crippen LogP contribution >= 0.6 is 27.3 Å². The fourth-order valence-corrected chi connectivity index (χ4v) is 2.10. The second kappa shape index (κ2) is 4.57. The van der Waals surface area contributed by atoms with Crippen LogP contribution in [0.5, 0.6) is 0 Å². The number of alkyl carbamates (subject to hydrolysis) is 1. The van der Waals surface area contributed by atoms with Crippen molar-refractivity contribution in [2.45, 2.75) is 13.5 Å². The molecule has 0 bridgehead atoms. The van der Waals surface area contributed by atoms with Gasteiger partial charge in [0, 0.05) is 0 Å². The standard InChI is InChI=1S/C7H9BrN2O2S/c1-4-6(8)13-5(10-4)3-9-7(11)12-2/h3H2,1-2H3,(H,9,11). The molecule has 1 rings (SSSR count). The molecule has 1 aromatic rings. The van der Waals surface area contributed by atoms with Gasteiger partial charge in [0.15, 0.2) is 0 Å². The van der Waals surface area contributed by atoms with Crippen LogP contribution in [0.2, 0.25) is 0 Å². The molecule has 0 aliphatic rings. The van der Waals surface area contributed by atoms with Gasteiger partial charge in [-0.2, -0.15) is 0 Å². The quantitative estimate of drug-likeness (QED) is 0.890. The SMILES string of the molecule is COC(=O)NCc1nc(C)c(Br)s1. The summed E-state index contributed by atoms with van der Waals surface area (Å²) in [6.45, 7) is 2.31. The van der Waals surface area contributed by atoms with Crippen LogP contribution in [-0.2, 0) is 11.3 Å². The van der Waals surface area contributed by atoms with Crippen LogP contribution < -0.4 is 5.32 Å². The molecule has 4 nitrogen and oxygen atoms in total. The smallest absolute Gasteiger partial charge is 0.407 e. The molecule has 72 valence electrons. The lowest BCUT2D eigenvalue weighted by Gasteiger charge is -1.98. The van der Waals surface area contributed by atoms with E-state index in [-0.39, 0.29) is 0 Å². The number of rotatable bonds is 2. The Morgan fingerprint density at radius 2 is 2.46 bits per heavy atom. The largest absolute Gasteiger partial charge is 0.453 e. The molecular formula is C7H9BrN2O2S. The number of aromatic nitrogens is 1. The molecule has 0 saturated heterocycles. The second-order valence-corrected chi connectivity index (χ2v) is 4.71. The van der Waals surface area contributed by atoms with Crippen molar-refractivity contribution in [2.75, 3.05) is 7.11 Å². The molecule has 0 saturated carbocycles. The summed E-state index contributed by atoms with van der Waals surface area (Å²) in [4.78, 5) is 14.9. The third kappa shape index (κ3) is 2.96. The maximum Gasteiger partial charge on any atom is 0.407 e. The summed E-state index contributed by atoms with van der Waals surface area (Å²) in [7, 11) is 1.33. The van der Waals surface area contributed by atoms with Gasteiger partial charge in [0.2, 0.25) is 0 Å². The lowest BCUT2D eigenvalue weighted by Crippen LogP contribution is -2.22. The molecular weight excluding hydrogens is 256 g/mol. The zero-order chi connectivity index (χ0) is 9.84. The van der Waals surface area contributed by atoms with Gasteiger partial charge in [0.25, 0.3) is 0 Å². The number of carbonyl (C=O) groups excluding carboxylic acids is 1. The molecule has 1 aromatic heterocycles. The van der Waals surface area contributed by atoms with Crippen molar-refractivity contribution in [1.82, 2.24) is 10.3 Å². The summed E-state index contributed by atoms with van der Waals surface area (Å²) < 4.78 is 5.42. The van der Waals surface area contributed by atoms with Gasteiger partial charge in [-0.1, -0.05) is 0 Å². The summed E-state index contributed by atoms with van der Waals surface area (Å²) >= 11 is 4.85. The maximum absolute atomic E-state index is 10.7. The van der Waals surface area contributed by atoms with Gasteiger partial charge in [-0.25, -0.2) is 9.78 Å². The number of hydrogen-bond acceptors (Lipinski definition) is 4. The Kier molecular flexibility index (Phi) is 3.68. The Morgan fingerprint density at radius 3 is 2.92 bits per heavy atom. The number of thiazole rings is 1. The molecule has 0 radical (unpaired) electrons. The molecule has 1 heterocycles. The van der Waals surface area contributed by atoms with E-state index in [1.807, 2.05) is 6.92 Å². The van der Waals surface area contributed by atoms with Crippen molar-refractivity contribution < 1.29 is 9.53 Å². The molecule has 0 aromatic carbocycles. The van der Waals surface area contributed by atoms with Crippen LogP contribution in [-0.4, -0.2) is 18.2 Å². The van der Waals surface area contributed by atoms with Crippen LogP contribution in [0.4, 0.5) is 4.79 Å². The number of ether oxygens (including phenoxy) is 1. The highest BCUT2D eigenvalue weighted by Gasteiger charge is 2.05. The fraction of sp³-hybridized carbons (Fsp3) is 0.429. The zero-order valence-corrected chi connectivity index (χ0v) is 9.66. The number of nitrogens with zero attached hydrogens (tertiary/aromatic N) is 1. The Hall–Kier alpha value is -0.620. The van der Waals surface area contributed by atoms with Gasteiger partial charge in [-0.15, -0.1) is 11.3 Å². The van der Waals surface area contributed by atoms with Gasteiger partial charge in [-0.05, 0) is 22.9 Å². The molecule has 0 atom stereocenters. The van der Waals surface area contributed by atoms with E-state index in [0.717, 1.165) is 14.5 Å². The average Bonchev–Trinajstić information content (AvgIpc) is 2.42. The Balaban J connectivity index is 2.50. The van der Waals surface area contributed by atoms with Crippen molar-refractivity contribution >= 4 is 33.4 Å². The fourth-order valence-electron chi connectivity index (χ4n) is 0.727. The summed E-state index contributed by atoms with van der Waals surface area (Å²) in [6, 6.07) is 0. The van der Waals surface area contributed by atoms with Gasteiger partial charge < -0.3 is 10.1 Å². The van der Waals surface area contributed by atoms with E-state index >= 15 is 0 Å². The van der Waals surface area contributed by atoms with Crippen molar-refractivity contribution in [2.24, 2.45) is 0 Å². The van der Waals surface area contributed by atoms with E-state index < -0.39 is 6.09 Å². The topological polar surface area (TPSA) is 51.2 Å². The predicted octanol–water partition coefficient (Wildman–Crippen LogP) is 2.07. The molecule has 1 N–H and O–H groups in total. The van der Waals surface area contributed by atoms with E-state index in [0.29, 0.717) is 6.54 Å². The van der Waals surface area contributed by atoms with Gasteiger partial charge >= 0.3 is 6.09 Å². The number of aryl methyl sites for hydroxylation is 1. The lowest BCUT2D eigenvalue weighted by molar-refractivity contribution is 0.170. The van der Waals surface area contributed by atoms with E-state index in [4.69, 9.17) is 0 Å². The van der Waals surface area contributed by atoms with Crippen LogP contribution in [0.25, 0.3) is 0 Å². The van der Waals surface area contributed by atoms with E-state index in [1.165, 1.54) is 18.4 Å². The number of amides is 1. The van der Waals surface area contributed by atoms with Crippen LogP contribution in [0, 0.1) is 6.92 Å². The van der Waals surface area contributed by atoms with Crippen LogP contribution in [0.15, 0.2) is 3.79 Å². The molecule has 0 fully saturated rings. The minimum atomic E-state index is -0.441. The van der Waals surface area contributed by atoms with Gasteiger partial charge in [0.1, 0.15) is 5.01 Å². The molecule has 0 aliphatic heterocycles. The minimum absolute atomic E-state index is 0.407. The summed E-state index contributed by atoms with van der Waals surface area (Å²) in [5.41, 5.74) is 0.937. The van der Waals surface area contributed by atoms with Gasteiger partial charge in [0.05, 0.1) is 23.1 Å². The van der Waals surface area contributed by atoms with Crippen molar-refractivity contribution in [3.63, 3.8) is 0 Å². The number of nitrogens with one attached hydrogen (secondary N) is 1. The molecule has 13 heavy (non-hydrogen) atoms. The molecule has 1 amide bonds. The van der Waals surface area contributed by atoms with E-state index in [1.54, 1.807) is 0 Å². The number of hydrogen-bond donors (Lipinski definition) is 1. The van der Waals surface area contributed by atoms with Gasteiger partial charge in [-0.3, -0.25) is 0 Å². The first-order valence-electron chi connectivity index (χ1n) is 3.57. The normalized spacial score (nSPS) is 9.77. The van der Waals surface area contributed by atoms with Crippen LogP contribution in [0.1, 0.15) is 10.7 Å². The molecule has 6 heteroatoms. The number of carbonyl (C=O) groups is 1. The lowest BCUT2D eigenvalue weighted by atomic mass is 10.6. The van der Waals surface area contributed by atoms with E-state index in [2.05, 4.69) is 31.0 Å². The number of halogens is 1. The molecule has 0 spiro atoms. The second-order valence-electron chi connectivity index (χ2n) is 2.31. The minimum Gasteiger partial charge on any atom is -0.453 e. The first-order valence-corrected chi connectivity index (χ1v) is 5.18. The summed E-state index contributed by atoms with van der Waals surface area (Å²) in [5.74, 6) is 0. The highest BCUT2D eigenvalue weighted by atomic mass is 79.9. The van der Waals surface area contributed by atoms with Crippen LogP contribution in [0.3, 0.4) is 0 Å². The zero-order valence-electron chi connectivity index (χ0n) is 7.26. The van der Waals surface area contributed by atoms with Crippen molar-refractivity contribution in [1.29, 1.82) is 0 Å². The highest BCUT2D eigenvalue weighted by Crippen LogP contribution is 2.23. The summed E-state index contributed by atoms with van der Waals surface area (Å²) in [6.07, 6.45) is -0.441. The first-order chi connectivity index (χ1) is 6.13. The molecule has 0 unspecified atom stereocenters. The molecule has 0 aliphatic carbocycles. The Labute approximate surface area is 88.4 Å².